The summed E-state index contributed by atoms with van der Waals surface area (Å²) in [7, 11) is 0. The predicted molar refractivity (Wildman–Crippen MR) is 80.2 cm³/mol. The summed E-state index contributed by atoms with van der Waals surface area (Å²) >= 11 is 0. The lowest BCUT2D eigenvalue weighted by Crippen LogP contribution is -2.32. The number of nitrogens with zero attached hydrogens (tertiary/aromatic N) is 1. The molecule has 0 bridgehead atoms. The van der Waals surface area contributed by atoms with Gasteiger partial charge in [0.15, 0.2) is 5.96 Å². The number of rotatable bonds is 4. The molecule has 0 unspecified atom stereocenters. The lowest BCUT2D eigenvalue weighted by molar-refractivity contribution is 0.825. The lowest BCUT2D eigenvalue weighted by Gasteiger charge is -2.05. The zero-order valence-corrected chi connectivity index (χ0v) is 12.2. The van der Waals surface area contributed by atoms with E-state index in [1.54, 1.807) is 0 Å². The number of aryl methyl sites for hydroxylation is 1. The van der Waals surface area contributed by atoms with Gasteiger partial charge >= 0.3 is 0 Å². The summed E-state index contributed by atoms with van der Waals surface area (Å²) in [6.45, 7) is 5.71. The van der Waals surface area contributed by atoms with E-state index in [0.717, 1.165) is 13.0 Å². The normalized spacial score (nSPS) is 10.8. The minimum Gasteiger partial charge on any atom is -0.370 e. The number of nitrogens with two attached hydrogens (primary N) is 1. The molecule has 0 saturated heterocycles. The molecule has 0 aliphatic carbocycles. The predicted octanol–water partition coefficient (Wildman–Crippen LogP) is 2.43. The van der Waals surface area contributed by atoms with E-state index < -0.39 is 0 Å². The van der Waals surface area contributed by atoms with E-state index in [0.29, 0.717) is 12.5 Å². The first-order valence-electron chi connectivity index (χ1n) is 5.32. The first-order chi connectivity index (χ1) is 7.24. The SMILES string of the molecule is CCCNC(N)=NCc1ccccc1C.I. The Bertz CT molecular complexity index is 337. The minimum absolute atomic E-state index is 0. The Kier molecular flexibility index (Phi) is 7.97. The van der Waals surface area contributed by atoms with Crippen LogP contribution in [0.4, 0.5) is 0 Å². The molecule has 1 aromatic carbocycles. The Morgan fingerprint density at radius 2 is 2.06 bits per heavy atom. The van der Waals surface area contributed by atoms with E-state index in [2.05, 4.69) is 36.3 Å². The molecule has 0 aliphatic heterocycles. The topological polar surface area (TPSA) is 50.4 Å². The van der Waals surface area contributed by atoms with Gasteiger partial charge < -0.3 is 11.1 Å². The number of hydrogen-bond acceptors (Lipinski definition) is 1. The molecule has 4 heteroatoms. The van der Waals surface area contributed by atoms with Gasteiger partial charge in [0, 0.05) is 6.54 Å². The van der Waals surface area contributed by atoms with Crippen molar-refractivity contribution in [3.8, 4) is 0 Å². The first-order valence-corrected chi connectivity index (χ1v) is 5.32. The van der Waals surface area contributed by atoms with Crippen molar-refractivity contribution in [3.63, 3.8) is 0 Å². The third-order valence-electron chi connectivity index (χ3n) is 2.24. The monoisotopic (exact) mass is 333 g/mol. The smallest absolute Gasteiger partial charge is 0.188 e. The van der Waals surface area contributed by atoms with Crippen LogP contribution >= 0.6 is 24.0 Å². The summed E-state index contributed by atoms with van der Waals surface area (Å²) in [6, 6.07) is 8.21. The van der Waals surface area contributed by atoms with Gasteiger partial charge in [-0.3, -0.25) is 0 Å². The average molecular weight is 333 g/mol. The van der Waals surface area contributed by atoms with Gasteiger partial charge in [0.1, 0.15) is 0 Å². The molecule has 0 amide bonds. The quantitative estimate of drug-likeness (QED) is 0.505. The van der Waals surface area contributed by atoms with Crippen LogP contribution in [0.3, 0.4) is 0 Å². The fourth-order valence-electron chi connectivity index (χ4n) is 1.27. The maximum absolute atomic E-state index is 5.70. The van der Waals surface area contributed by atoms with Crippen molar-refractivity contribution in [2.75, 3.05) is 6.54 Å². The number of benzene rings is 1. The van der Waals surface area contributed by atoms with Crippen LogP contribution in [0.2, 0.25) is 0 Å². The molecule has 0 heterocycles. The first kappa shape index (κ1) is 15.2. The number of guanidine groups is 1. The third-order valence-corrected chi connectivity index (χ3v) is 2.24. The summed E-state index contributed by atoms with van der Waals surface area (Å²) in [5, 5.41) is 3.05. The molecule has 0 aromatic heterocycles. The Morgan fingerprint density at radius 1 is 1.38 bits per heavy atom. The van der Waals surface area contributed by atoms with Crippen LogP contribution in [-0.4, -0.2) is 12.5 Å². The van der Waals surface area contributed by atoms with E-state index in [4.69, 9.17) is 5.73 Å². The standard InChI is InChI=1S/C12H19N3.HI/c1-3-8-14-12(13)15-9-11-7-5-4-6-10(11)2;/h4-7H,3,8-9H2,1-2H3,(H3,13,14,15);1H. The molecule has 1 aromatic rings. The highest BCUT2D eigenvalue weighted by atomic mass is 127. The van der Waals surface area contributed by atoms with E-state index in [1.807, 2.05) is 12.1 Å². The van der Waals surface area contributed by atoms with Crippen LogP contribution < -0.4 is 11.1 Å². The van der Waals surface area contributed by atoms with Gasteiger partial charge in [-0.1, -0.05) is 31.2 Å². The lowest BCUT2D eigenvalue weighted by atomic mass is 10.1. The van der Waals surface area contributed by atoms with Crippen molar-refractivity contribution >= 4 is 29.9 Å². The molecule has 1 rings (SSSR count). The van der Waals surface area contributed by atoms with Crippen LogP contribution in [0.1, 0.15) is 24.5 Å². The van der Waals surface area contributed by atoms with E-state index in [9.17, 15) is 0 Å². The van der Waals surface area contributed by atoms with Gasteiger partial charge in [-0.2, -0.15) is 0 Å². The van der Waals surface area contributed by atoms with Gasteiger partial charge in [-0.15, -0.1) is 24.0 Å². The summed E-state index contributed by atoms with van der Waals surface area (Å²) < 4.78 is 0. The number of nitrogens with one attached hydrogen (secondary N) is 1. The molecule has 90 valence electrons. The molecule has 3 N–H and O–H groups in total. The van der Waals surface area contributed by atoms with Gasteiger partial charge in [0.05, 0.1) is 6.54 Å². The largest absolute Gasteiger partial charge is 0.370 e. The van der Waals surface area contributed by atoms with Crippen LogP contribution in [0, 0.1) is 6.92 Å². The van der Waals surface area contributed by atoms with Crippen molar-refractivity contribution < 1.29 is 0 Å². The maximum atomic E-state index is 5.70. The molecule has 0 aliphatic rings. The minimum atomic E-state index is 0. The molecule has 0 radical (unpaired) electrons. The molecule has 0 spiro atoms. The van der Waals surface area contributed by atoms with Crippen molar-refractivity contribution in [1.29, 1.82) is 0 Å². The van der Waals surface area contributed by atoms with E-state index in [1.165, 1.54) is 11.1 Å². The molecule has 3 nitrogen and oxygen atoms in total. The molecular formula is C12H20IN3. The summed E-state index contributed by atoms with van der Waals surface area (Å²) in [6.07, 6.45) is 1.06. The van der Waals surface area contributed by atoms with Crippen molar-refractivity contribution in [3.05, 3.63) is 35.4 Å². The Balaban J connectivity index is 0.00000225. The van der Waals surface area contributed by atoms with Crippen LogP contribution in [0.5, 0.6) is 0 Å². The molecular weight excluding hydrogens is 313 g/mol. The molecule has 0 atom stereocenters. The number of hydrogen-bond donors (Lipinski definition) is 2. The van der Waals surface area contributed by atoms with Crippen LogP contribution in [0.25, 0.3) is 0 Å². The van der Waals surface area contributed by atoms with Crippen molar-refractivity contribution in [2.45, 2.75) is 26.8 Å². The molecule has 0 saturated carbocycles. The Labute approximate surface area is 115 Å². The number of aliphatic imine (C=N–C) groups is 1. The zero-order valence-electron chi connectivity index (χ0n) is 9.86. The van der Waals surface area contributed by atoms with Gasteiger partial charge in [0.2, 0.25) is 0 Å². The average Bonchev–Trinajstić information content (AvgIpc) is 2.25. The van der Waals surface area contributed by atoms with Crippen molar-refractivity contribution in [1.82, 2.24) is 5.32 Å². The van der Waals surface area contributed by atoms with E-state index in [-0.39, 0.29) is 24.0 Å². The highest BCUT2D eigenvalue weighted by Crippen LogP contribution is 2.07. The molecule has 0 fully saturated rings. The van der Waals surface area contributed by atoms with Gasteiger partial charge in [-0.25, -0.2) is 4.99 Å². The fourth-order valence-corrected chi connectivity index (χ4v) is 1.27. The van der Waals surface area contributed by atoms with Gasteiger partial charge in [-0.05, 0) is 24.5 Å². The van der Waals surface area contributed by atoms with Crippen molar-refractivity contribution in [2.24, 2.45) is 10.7 Å². The number of halogens is 1. The summed E-state index contributed by atoms with van der Waals surface area (Å²) in [5.41, 5.74) is 8.17. The second-order valence-corrected chi connectivity index (χ2v) is 3.55. The van der Waals surface area contributed by atoms with Crippen LogP contribution in [0.15, 0.2) is 29.3 Å². The second-order valence-electron chi connectivity index (χ2n) is 3.55. The maximum Gasteiger partial charge on any atom is 0.188 e. The second kappa shape index (κ2) is 8.38. The molecule has 16 heavy (non-hydrogen) atoms. The summed E-state index contributed by atoms with van der Waals surface area (Å²) in [4.78, 5) is 4.28. The fraction of sp³-hybridized carbons (Fsp3) is 0.417. The Hall–Kier alpha value is -0.780. The Morgan fingerprint density at radius 3 is 2.69 bits per heavy atom. The van der Waals surface area contributed by atoms with Crippen LogP contribution in [-0.2, 0) is 6.54 Å². The highest BCUT2D eigenvalue weighted by molar-refractivity contribution is 14.0. The third kappa shape index (κ3) is 5.34. The van der Waals surface area contributed by atoms with E-state index >= 15 is 0 Å². The zero-order chi connectivity index (χ0) is 11.1. The highest BCUT2D eigenvalue weighted by Gasteiger charge is 1.95. The van der Waals surface area contributed by atoms with Gasteiger partial charge in [0.25, 0.3) is 0 Å². The summed E-state index contributed by atoms with van der Waals surface area (Å²) in [5.74, 6) is 0.528.